The monoisotopic (exact) mass is 224 g/mol. The number of carboxylic acids is 1. The van der Waals surface area contributed by atoms with Crippen molar-refractivity contribution in [1.82, 2.24) is 9.47 Å². The van der Waals surface area contributed by atoms with Crippen LogP contribution in [0, 0.1) is 0 Å². The van der Waals surface area contributed by atoms with Crippen molar-refractivity contribution < 1.29 is 14.7 Å². The van der Waals surface area contributed by atoms with Crippen molar-refractivity contribution in [3.8, 4) is 0 Å². The minimum Gasteiger partial charge on any atom is -0.480 e. The van der Waals surface area contributed by atoms with Crippen LogP contribution in [0.2, 0.25) is 0 Å². The lowest BCUT2D eigenvalue weighted by Gasteiger charge is -2.14. The molecule has 0 unspecified atom stereocenters. The Morgan fingerprint density at radius 1 is 1.50 bits per heavy atom. The van der Waals surface area contributed by atoms with Crippen LogP contribution in [0.5, 0.6) is 0 Å². The van der Waals surface area contributed by atoms with E-state index < -0.39 is 18.4 Å². The largest absolute Gasteiger partial charge is 0.480 e. The third kappa shape index (κ3) is 2.69. The molecule has 1 aromatic heterocycles. The Hall–Kier alpha value is -2.11. The minimum absolute atomic E-state index is 0.187. The van der Waals surface area contributed by atoms with Crippen LogP contribution in [0.25, 0.3) is 0 Å². The third-order valence-electron chi connectivity index (χ3n) is 2.07. The lowest BCUT2D eigenvalue weighted by molar-refractivity contribution is -0.137. The maximum atomic E-state index is 11.7. The average molecular weight is 224 g/mol. The molecule has 1 N–H and O–H groups in total. The number of carbonyl (C=O) groups is 2. The molecule has 0 aliphatic carbocycles. The van der Waals surface area contributed by atoms with Crippen molar-refractivity contribution in [2.75, 3.05) is 13.6 Å². The smallest absolute Gasteiger partial charge is 0.323 e. The van der Waals surface area contributed by atoms with Crippen molar-refractivity contribution in [1.29, 1.82) is 0 Å². The molecule has 1 rings (SSSR count). The summed E-state index contributed by atoms with van der Waals surface area (Å²) in [6, 6.07) is 2.66. The SMILES string of the molecule is CN(CC(=O)O)C(=O)c1ccn(C)c(=O)c1. The fourth-order valence-electron chi connectivity index (χ4n) is 1.18. The van der Waals surface area contributed by atoms with Crippen LogP contribution in [-0.4, -0.2) is 40.0 Å². The zero-order valence-corrected chi connectivity index (χ0v) is 9.01. The summed E-state index contributed by atoms with van der Waals surface area (Å²) in [5, 5.41) is 8.52. The second-order valence-electron chi connectivity index (χ2n) is 3.42. The number of likely N-dealkylation sites (N-methyl/N-ethyl adjacent to an activating group) is 1. The molecule has 86 valence electrons. The maximum Gasteiger partial charge on any atom is 0.323 e. The predicted octanol–water partition coefficient (Wildman–Crippen LogP) is -0.458. The molecular weight excluding hydrogens is 212 g/mol. The molecule has 1 amide bonds. The van der Waals surface area contributed by atoms with E-state index in [0.29, 0.717) is 0 Å². The van der Waals surface area contributed by atoms with Crippen LogP contribution >= 0.6 is 0 Å². The van der Waals surface area contributed by atoms with Crippen molar-refractivity contribution in [3.63, 3.8) is 0 Å². The number of carbonyl (C=O) groups excluding carboxylic acids is 1. The topological polar surface area (TPSA) is 79.6 Å². The lowest BCUT2D eigenvalue weighted by atomic mass is 10.2. The molecule has 0 fully saturated rings. The van der Waals surface area contributed by atoms with Crippen molar-refractivity contribution in [2.24, 2.45) is 7.05 Å². The summed E-state index contributed by atoms with van der Waals surface area (Å²) in [6.07, 6.45) is 1.46. The molecule has 1 aromatic rings. The highest BCUT2D eigenvalue weighted by atomic mass is 16.4. The van der Waals surface area contributed by atoms with Gasteiger partial charge >= 0.3 is 5.97 Å². The first-order valence-electron chi connectivity index (χ1n) is 4.55. The Bertz CT molecular complexity index is 478. The highest BCUT2D eigenvalue weighted by Gasteiger charge is 2.14. The average Bonchev–Trinajstić information content (AvgIpc) is 2.20. The number of nitrogens with zero attached hydrogens (tertiary/aromatic N) is 2. The highest BCUT2D eigenvalue weighted by Crippen LogP contribution is 1.99. The van der Waals surface area contributed by atoms with Crippen LogP contribution < -0.4 is 5.56 Å². The number of hydrogen-bond donors (Lipinski definition) is 1. The van der Waals surface area contributed by atoms with E-state index in [0.717, 1.165) is 4.90 Å². The van der Waals surface area contributed by atoms with Gasteiger partial charge in [0.1, 0.15) is 6.54 Å². The van der Waals surface area contributed by atoms with Gasteiger partial charge in [0.15, 0.2) is 0 Å². The highest BCUT2D eigenvalue weighted by molar-refractivity contribution is 5.95. The fourth-order valence-corrected chi connectivity index (χ4v) is 1.18. The Kier molecular flexibility index (Phi) is 3.44. The number of hydrogen-bond acceptors (Lipinski definition) is 3. The van der Waals surface area contributed by atoms with Crippen LogP contribution in [0.1, 0.15) is 10.4 Å². The number of aryl methyl sites for hydroxylation is 1. The number of carboxylic acid groups (broad SMARTS) is 1. The van der Waals surface area contributed by atoms with Gasteiger partial charge in [-0.3, -0.25) is 14.4 Å². The van der Waals surface area contributed by atoms with Crippen molar-refractivity contribution in [3.05, 3.63) is 34.2 Å². The van der Waals surface area contributed by atoms with Gasteiger partial charge in [-0.1, -0.05) is 0 Å². The molecule has 0 bridgehead atoms. The summed E-state index contributed by atoms with van der Waals surface area (Å²) in [4.78, 5) is 34.4. The van der Waals surface area contributed by atoms with Crippen LogP contribution in [0.4, 0.5) is 0 Å². The van der Waals surface area contributed by atoms with E-state index in [2.05, 4.69) is 0 Å². The second kappa shape index (κ2) is 4.61. The summed E-state index contributed by atoms with van der Waals surface area (Å²) >= 11 is 0. The zero-order valence-electron chi connectivity index (χ0n) is 9.01. The van der Waals surface area contributed by atoms with Gasteiger partial charge in [-0.15, -0.1) is 0 Å². The van der Waals surface area contributed by atoms with Gasteiger partial charge in [0, 0.05) is 31.9 Å². The maximum absolute atomic E-state index is 11.7. The summed E-state index contributed by atoms with van der Waals surface area (Å²) in [7, 11) is 2.94. The van der Waals surface area contributed by atoms with Crippen LogP contribution in [0.15, 0.2) is 23.1 Å². The molecule has 0 aliphatic heterocycles. The van der Waals surface area contributed by atoms with Gasteiger partial charge in [0.25, 0.3) is 11.5 Å². The molecule has 0 atom stereocenters. The summed E-state index contributed by atoms with van der Waals surface area (Å²) in [5.41, 5.74) is -0.124. The Labute approximate surface area is 91.7 Å². The summed E-state index contributed by atoms with van der Waals surface area (Å²) in [6.45, 7) is -0.395. The molecule has 16 heavy (non-hydrogen) atoms. The molecule has 0 spiro atoms. The molecule has 6 nitrogen and oxygen atoms in total. The van der Waals surface area contributed by atoms with E-state index in [1.54, 1.807) is 7.05 Å². The second-order valence-corrected chi connectivity index (χ2v) is 3.42. The van der Waals surface area contributed by atoms with Gasteiger partial charge in [-0.2, -0.15) is 0 Å². The van der Waals surface area contributed by atoms with E-state index in [4.69, 9.17) is 5.11 Å². The predicted molar refractivity (Wildman–Crippen MR) is 56.3 cm³/mol. The Morgan fingerprint density at radius 3 is 2.62 bits per heavy atom. The number of aromatic nitrogens is 1. The quantitative estimate of drug-likeness (QED) is 0.753. The van der Waals surface area contributed by atoms with Gasteiger partial charge in [0.05, 0.1) is 0 Å². The van der Waals surface area contributed by atoms with E-state index in [-0.39, 0.29) is 11.1 Å². The Balaban J connectivity index is 2.92. The van der Waals surface area contributed by atoms with Crippen LogP contribution in [0.3, 0.4) is 0 Å². The number of aliphatic carboxylic acids is 1. The molecule has 1 heterocycles. The minimum atomic E-state index is -1.10. The molecule has 0 radical (unpaired) electrons. The van der Waals surface area contributed by atoms with Crippen molar-refractivity contribution >= 4 is 11.9 Å². The standard InChI is InChI=1S/C10H12N2O4/c1-11-4-3-7(5-8(11)13)10(16)12(2)6-9(14)15/h3-5H,6H2,1-2H3,(H,14,15). The molecule has 0 aliphatic rings. The first-order valence-corrected chi connectivity index (χ1v) is 4.55. The van der Waals surface area contributed by atoms with E-state index in [9.17, 15) is 14.4 Å². The molecule has 0 aromatic carbocycles. The number of rotatable bonds is 3. The Morgan fingerprint density at radius 2 is 2.12 bits per heavy atom. The third-order valence-corrected chi connectivity index (χ3v) is 2.07. The molecular formula is C10H12N2O4. The van der Waals surface area contributed by atoms with Gasteiger partial charge in [0.2, 0.25) is 0 Å². The van der Waals surface area contributed by atoms with Gasteiger partial charge in [-0.25, -0.2) is 0 Å². The normalized spacial score (nSPS) is 9.88. The van der Waals surface area contributed by atoms with Crippen molar-refractivity contribution in [2.45, 2.75) is 0 Å². The first kappa shape index (κ1) is 12.0. The van der Waals surface area contributed by atoms with Crippen LogP contribution in [-0.2, 0) is 11.8 Å². The van der Waals surface area contributed by atoms with Gasteiger partial charge in [-0.05, 0) is 6.07 Å². The lowest BCUT2D eigenvalue weighted by Crippen LogP contribution is -2.32. The molecule has 0 saturated heterocycles. The van der Waals surface area contributed by atoms with E-state index in [1.165, 1.54) is 29.9 Å². The summed E-state index contributed by atoms with van der Waals surface area (Å²) in [5.74, 6) is -1.58. The van der Waals surface area contributed by atoms with E-state index in [1.807, 2.05) is 0 Å². The molecule has 6 heteroatoms. The fraction of sp³-hybridized carbons (Fsp3) is 0.300. The first-order chi connectivity index (χ1) is 7.41. The van der Waals surface area contributed by atoms with E-state index >= 15 is 0 Å². The number of pyridine rings is 1. The number of amides is 1. The molecule has 0 saturated carbocycles. The van der Waals surface area contributed by atoms with Gasteiger partial charge < -0.3 is 14.6 Å². The zero-order chi connectivity index (χ0) is 12.3. The summed E-state index contributed by atoms with van der Waals surface area (Å²) < 4.78 is 1.33.